The summed E-state index contributed by atoms with van der Waals surface area (Å²) in [7, 11) is 1.66. The van der Waals surface area contributed by atoms with Crippen LogP contribution in [0.3, 0.4) is 0 Å². The predicted molar refractivity (Wildman–Crippen MR) is 293 cm³/mol. The fourth-order valence-corrected chi connectivity index (χ4v) is 11.9. The zero-order valence-electron chi connectivity index (χ0n) is 45.2. The summed E-state index contributed by atoms with van der Waals surface area (Å²) in [6, 6.07) is 17.6. The number of aromatic amines is 1. The molecule has 4 aliphatic heterocycles. The number of benzene rings is 3. The first-order chi connectivity index (χ1) is 37.2. The molecule has 0 radical (unpaired) electrons. The highest BCUT2D eigenvalue weighted by Crippen LogP contribution is 2.54. The number of carbonyl (C=O) groups excluding carboxylic acids is 2. The van der Waals surface area contributed by atoms with Crippen LogP contribution in [0.25, 0.3) is 33.7 Å². The molecule has 2 aromatic heterocycles. The molecule has 77 heavy (non-hydrogen) atoms. The van der Waals surface area contributed by atoms with Crippen molar-refractivity contribution in [3.05, 3.63) is 123 Å². The Labute approximate surface area is 449 Å². The highest BCUT2D eigenvalue weighted by Gasteiger charge is 2.46. The number of likely N-dealkylation sites (tertiary alicyclic amines) is 1. The van der Waals surface area contributed by atoms with E-state index >= 15 is 4.39 Å². The molecule has 6 heterocycles. The predicted octanol–water partition coefficient (Wildman–Crippen LogP) is 7.94. The lowest BCUT2D eigenvalue weighted by Gasteiger charge is -2.36. The standard InChI is InChI=1S/C59H72FN11O6/c1-32(2)46(58(74)70-20-8-9-50(70)57(73)62-24-36-10-16-40(17-11-36)54(72)33(3)4)28-69-29-49(67-68-69)39-14-12-37(13-15-39)31-76-55-52(51-35(6)47(60)23-48-45(51)26-63-66-48)43(38-18-19-38)22-44-53(55)64-59(77-30-34(5)75-7)65-56(44)71-27-41-21-42(71)25-61-41/h10-17,23,26,29,32,34,38,41-43,46,50,61,67-68,72H,8-9,18-22,24-25,27-28,30-31H2,1-7H3,(H,62,73)(H,63,66)/t34-,41-,42-,43?,46?,50-/m0/s1. The molecule has 406 valence electrons. The van der Waals surface area contributed by atoms with Crippen LogP contribution in [0.1, 0.15) is 111 Å². The molecule has 0 spiro atoms. The summed E-state index contributed by atoms with van der Waals surface area (Å²) in [4.78, 5) is 42.5. The smallest absolute Gasteiger partial charge is 0.319 e. The summed E-state index contributed by atoms with van der Waals surface area (Å²) >= 11 is 0. The third-order valence-corrected chi connectivity index (χ3v) is 16.6. The van der Waals surface area contributed by atoms with Crippen molar-refractivity contribution in [1.29, 1.82) is 0 Å². The second kappa shape index (κ2) is 21.8. The van der Waals surface area contributed by atoms with E-state index in [2.05, 4.69) is 36.7 Å². The molecule has 6 N–H and O–H groups in total. The summed E-state index contributed by atoms with van der Waals surface area (Å²) in [5, 5.41) is 27.2. The highest BCUT2D eigenvalue weighted by molar-refractivity contribution is 6.02. The van der Waals surface area contributed by atoms with E-state index in [-0.39, 0.29) is 66.5 Å². The fraction of sp³-hybridized carbons (Fsp3) is 0.475. The lowest BCUT2D eigenvalue weighted by molar-refractivity contribution is -0.143. The number of aliphatic hydroxyl groups is 1. The summed E-state index contributed by atoms with van der Waals surface area (Å²) in [5.74, 6) is 1.26. The van der Waals surface area contributed by atoms with Crippen LogP contribution < -0.4 is 31.2 Å². The minimum atomic E-state index is -0.542. The average molecular weight is 1050 g/mol. The number of piperazine rings is 1. The molecule has 2 bridgehead atoms. The van der Waals surface area contributed by atoms with E-state index in [0.29, 0.717) is 73.0 Å². The van der Waals surface area contributed by atoms with Crippen LogP contribution in [-0.4, -0.2) is 111 Å². The molecule has 2 unspecified atom stereocenters. The van der Waals surface area contributed by atoms with Gasteiger partial charge in [0.15, 0.2) is 0 Å². The van der Waals surface area contributed by atoms with Crippen molar-refractivity contribution >= 4 is 51.3 Å². The number of aliphatic hydroxyl groups excluding tert-OH is 1. The number of fused-ring (bicyclic) bond motifs is 4. The number of ether oxygens (including phenoxy) is 3. The summed E-state index contributed by atoms with van der Waals surface area (Å²) in [5.41, 5.74) is 16.3. The van der Waals surface area contributed by atoms with Crippen LogP contribution in [-0.2, 0) is 38.6 Å². The van der Waals surface area contributed by atoms with Gasteiger partial charge in [-0.2, -0.15) is 15.1 Å². The summed E-state index contributed by atoms with van der Waals surface area (Å²) in [6.07, 6.45) is 8.81. The third kappa shape index (κ3) is 10.6. The zero-order valence-corrected chi connectivity index (χ0v) is 45.2. The molecule has 3 saturated heterocycles. The lowest BCUT2D eigenvalue weighted by atomic mass is 9.76. The number of halogens is 1. The zero-order chi connectivity index (χ0) is 53.6. The van der Waals surface area contributed by atoms with E-state index < -0.39 is 6.04 Å². The molecule has 3 aromatic carbocycles. The van der Waals surface area contributed by atoms with Gasteiger partial charge in [-0.05, 0) is 118 Å². The Morgan fingerprint density at radius 1 is 1.00 bits per heavy atom. The molecular weight excluding hydrogens is 978 g/mol. The number of rotatable bonds is 19. The van der Waals surface area contributed by atoms with Gasteiger partial charge in [-0.3, -0.25) is 19.7 Å². The molecule has 2 aliphatic carbocycles. The van der Waals surface area contributed by atoms with Gasteiger partial charge in [-0.15, -0.1) is 5.53 Å². The second-order valence-corrected chi connectivity index (χ2v) is 22.5. The van der Waals surface area contributed by atoms with Crippen molar-refractivity contribution < 1.29 is 33.3 Å². The number of carbonyl (C=O) groups is 2. The largest absolute Gasteiger partial charge is 0.507 e. The van der Waals surface area contributed by atoms with Crippen molar-refractivity contribution in [3.8, 4) is 6.01 Å². The molecule has 6 aliphatic rings. The van der Waals surface area contributed by atoms with E-state index in [1.807, 2.05) is 101 Å². The number of allylic oxidation sites excluding steroid dienone is 2. The van der Waals surface area contributed by atoms with E-state index in [0.717, 1.165) is 100 Å². The Balaban J connectivity index is 0.829. The third-order valence-electron chi connectivity index (χ3n) is 16.6. The topological polar surface area (TPSA) is 194 Å². The molecule has 2 amide bonds. The van der Waals surface area contributed by atoms with Crippen LogP contribution in [0.4, 0.5) is 10.2 Å². The van der Waals surface area contributed by atoms with Crippen LogP contribution in [0, 0.1) is 36.4 Å². The molecule has 11 rings (SSSR count). The Morgan fingerprint density at radius 2 is 1.78 bits per heavy atom. The highest BCUT2D eigenvalue weighted by atomic mass is 19.1. The second-order valence-electron chi connectivity index (χ2n) is 22.5. The number of hydrogen-bond donors (Lipinski definition) is 6. The van der Waals surface area contributed by atoms with Gasteiger partial charge in [0, 0.05) is 85.8 Å². The molecule has 17 nitrogen and oxygen atoms in total. The number of hydrazine groups is 2. The number of nitrogens with zero attached hydrogens (tertiary/aromatic N) is 6. The first-order valence-corrected chi connectivity index (χ1v) is 27.4. The number of nitrogens with one attached hydrogen (secondary N) is 5. The van der Waals surface area contributed by atoms with E-state index in [1.54, 1.807) is 18.2 Å². The number of methoxy groups -OCH3 is 1. The van der Waals surface area contributed by atoms with E-state index in [4.69, 9.17) is 24.2 Å². The maximum absolute atomic E-state index is 16.1. The van der Waals surface area contributed by atoms with E-state index in [9.17, 15) is 14.7 Å². The number of H-pyrrole nitrogens is 1. The molecule has 6 atom stereocenters. The Hall–Kier alpha value is -7.02. The number of hydrogen-bond acceptors (Lipinski definition) is 14. The average Bonchev–Trinajstić information content (AvgIpc) is 4.05. The van der Waals surface area contributed by atoms with Crippen LogP contribution in [0.5, 0.6) is 6.01 Å². The van der Waals surface area contributed by atoms with Gasteiger partial charge in [0.1, 0.15) is 48.1 Å². The van der Waals surface area contributed by atoms with Gasteiger partial charge >= 0.3 is 6.01 Å². The van der Waals surface area contributed by atoms with Crippen LogP contribution >= 0.6 is 0 Å². The molecule has 18 heteroatoms. The molecule has 5 aromatic rings. The maximum atomic E-state index is 16.1. The van der Waals surface area contributed by atoms with Crippen molar-refractivity contribution in [2.24, 2.45) is 23.7 Å². The van der Waals surface area contributed by atoms with Crippen molar-refractivity contribution in [2.45, 2.75) is 117 Å². The summed E-state index contributed by atoms with van der Waals surface area (Å²) < 4.78 is 35.1. The quantitative estimate of drug-likeness (QED) is 0.0437. The monoisotopic (exact) mass is 1050 g/mol. The number of amides is 2. The van der Waals surface area contributed by atoms with Crippen molar-refractivity contribution in [3.63, 3.8) is 0 Å². The minimum absolute atomic E-state index is 0.00656. The number of aromatic nitrogens is 4. The molecular formula is C59H72FN11O6. The Bertz CT molecular complexity index is 3130. The first kappa shape index (κ1) is 52.1. The minimum Gasteiger partial charge on any atom is -0.507 e. The maximum Gasteiger partial charge on any atom is 0.319 e. The number of anilines is 1. The van der Waals surface area contributed by atoms with Gasteiger partial charge in [0.2, 0.25) is 11.8 Å². The van der Waals surface area contributed by atoms with Crippen molar-refractivity contribution in [1.82, 2.24) is 51.7 Å². The normalized spacial score (nSPS) is 21.6. The SMILES string of the molecule is CO[C@@H](C)COc1nc2c(c(N3C[C@@H]4C[C@H]3CN4)n1)CC(C1CC1)C(c1c(C)c(F)cc3[nH]ncc13)=C2OCc1ccc(C2=CN(CC(C(=O)N3CCC[C@H]3C(=O)NCc3ccc(C(O)=C(C)C)cc3)C(C)C)NN2)cc1. The molecule has 4 fully saturated rings. The summed E-state index contributed by atoms with van der Waals surface area (Å²) in [6.45, 7) is 15.1. The van der Waals surface area contributed by atoms with Gasteiger partial charge in [0.05, 0.1) is 29.4 Å². The van der Waals surface area contributed by atoms with Crippen LogP contribution in [0.2, 0.25) is 0 Å². The van der Waals surface area contributed by atoms with Crippen LogP contribution in [0.15, 0.2) is 72.6 Å². The van der Waals surface area contributed by atoms with Gasteiger partial charge in [0.25, 0.3) is 0 Å². The Morgan fingerprint density at radius 3 is 2.48 bits per heavy atom. The van der Waals surface area contributed by atoms with Crippen molar-refractivity contribution in [2.75, 3.05) is 44.8 Å². The molecule has 1 saturated carbocycles. The fourth-order valence-electron chi connectivity index (χ4n) is 11.9. The van der Waals surface area contributed by atoms with E-state index in [1.165, 1.54) is 6.07 Å². The van der Waals surface area contributed by atoms with Gasteiger partial charge < -0.3 is 45.2 Å². The van der Waals surface area contributed by atoms with Gasteiger partial charge in [-0.1, -0.05) is 62.4 Å². The van der Waals surface area contributed by atoms with Gasteiger partial charge in [-0.25, -0.2) is 4.39 Å². The Kier molecular flexibility index (Phi) is 14.7. The lowest BCUT2D eigenvalue weighted by Crippen LogP contribution is -2.51. The first-order valence-electron chi connectivity index (χ1n) is 27.4.